The molecule has 3 nitrogen and oxygen atoms in total. The van der Waals surface area contributed by atoms with E-state index in [2.05, 4.69) is 26.0 Å². The zero-order chi connectivity index (χ0) is 25.9. The number of para-hydroxylation sites is 1. The lowest BCUT2D eigenvalue weighted by molar-refractivity contribution is 0.413. The Morgan fingerprint density at radius 2 is 1.19 bits per heavy atom. The van der Waals surface area contributed by atoms with Crippen LogP contribution in [0, 0.1) is 6.92 Å². The van der Waals surface area contributed by atoms with E-state index in [9.17, 15) is 15.3 Å². The van der Waals surface area contributed by atoms with Crippen LogP contribution in [0.4, 0.5) is 0 Å². The minimum Gasteiger partial charge on any atom is -0.508 e. The van der Waals surface area contributed by atoms with E-state index in [1.807, 2.05) is 30.3 Å². The van der Waals surface area contributed by atoms with Gasteiger partial charge < -0.3 is 15.3 Å². The van der Waals surface area contributed by atoms with Gasteiger partial charge >= 0.3 is 0 Å². The molecule has 0 aromatic heterocycles. The number of aryl methyl sites for hydroxylation is 2. The third kappa shape index (κ3) is 5.23. The average molecular weight is 499 g/mol. The zero-order valence-corrected chi connectivity index (χ0v) is 22.5. The lowest BCUT2D eigenvalue weighted by Gasteiger charge is -2.30. The van der Waals surface area contributed by atoms with Crippen LogP contribution in [0.25, 0.3) is 0 Å². The van der Waals surface area contributed by atoms with Gasteiger partial charge in [-0.2, -0.15) is 0 Å². The van der Waals surface area contributed by atoms with Crippen molar-refractivity contribution >= 4 is 0 Å². The van der Waals surface area contributed by atoms with Crippen LogP contribution in [0.1, 0.15) is 128 Å². The second-order valence-corrected chi connectivity index (χ2v) is 11.4. The van der Waals surface area contributed by atoms with Crippen LogP contribution in [0.5, 0.6) is 17.2 Å². The molecule has 3 heteroatoms. The number of phenols is 3. The van der Waals surface area contributed by atoms with E-state index in [0.29, 0.717) is 23.3 Å². The van der Waals surface area contributed by atoms with Crippen molar-refractivity contribution in [2.45, 2.75) is 102 Å². The summed E-state index contributed by atoms with van der Waals surface area (Å²) < 4.78 is 0. The molecular weight excluding hydrogens is 456 g/mol. The van der Waals surface area contributed by atoms with Crippen LogP contribution in [0.3, 0.4) is 0 Å². The predicted octanol–water partition coefficient (Wildman–Crippen LogP) is 8.95. The van der Waals surface area contributed by atoms with Gasteiger partial charge in [0.05, 0.1) is 0 Å². The fraction of sp³-hybridized carbons (Fsp3) is 0.471. The topological polar surface area (TPSA) is 60.7 Å². The highest BCUT2D eigenvalue weighted by atomic mass is 16.3. The van der Waals surface area contributed by atoms with E-state index in [0.717, 1.165) is 71.0 Å². The Morgan fingerprint density at radius 1 is 0.649 bits per heavy atom. The molecule has 0 amide bonds. The Morgan fingerprint density at radius 3 is 1.76 bits per heavy atom. The fourth-order valence-corrected chi connectivity index (χ4v) is 6.99. The molecule has 5 rings (SSSR count). The molecular formula is C34H42O3. The first-order chi connectivity index (χ1) is 18.0. The number of aromatic hydroxyl groups is 3. The van der Waals surface area contributed by atoms with Gasteiger partial charge in [0.25, 0.3) is 0 Å². The van der Waals surface area contributed by atoms with Gasteiger partial charge in [-0.3, -0.25) is 0 Å². The number of phenolic OH excluding ortho intramolecular Hbond substituents is 3. The largest absolute Gasteiger partial charge is 0.508 e. The number of hydrogen-bond acceptors (Lipinski definition) is 3. The first-order valence-electron chi connectivity index (χ1n) is 14.4. The summed E-state index contributed by atoms with van der Waals surface area (Å²) in [5.41, 5.74) is 7.40. The molecule has 0 aliphatic heterocycles. The summed E-state index contributed by atoms with van der Waals surface area (Å²) in [6, 6.07) is 16.0. The molecule has 0 heterocycles. The van der Waals surface area contributed by atoms with Crippen molar-refractivity contribution < 1.29 is 15.3 Å². The second-order valence-electron chi connectivity index (χ2n) is 11.4. The van der Waals surface area contributed by atoms with Gasteiger partial charge in [0, 0.05) is 11.5 Å². The lowest BCUT2D eigenvalue weighted by Crippen LogP contribution is -2.13. The normalized spacial score (nSPS) is 18.1. The zero-order valence-electron chi connectivity index (χ0n) is 22.5. The highest BCUT2D eigenvalue weighted by Gasteiger charge is 2.29. The average Bonchev–Trinajstić information content (AvgIpc) is 2.92. The van der Waals surface area contributed by atoms with Gasteiger partial charge in [-0.25, -0.2) is 0 Å². The van der Waals surface area contributed by atoms with Crippen molar-refractivity contribution in [2.75, 3.05) is 0 Å². The first-order valence-corrected chi connectivity index (χ1v) is 14.4. The van der Waals surface area contributed by atoms with Crippen LogP contribution in [0.15, 0.2) is 48.5 Å². The van der Waals surface area contributed by atoms with Gasteiger partial charge in [-0.15, -0.1) is 0 Å². The van der Waals surface area contributed by atoms with E-state index in [1.54, 1.807) is 6.07 Å². The molecule has 0 bridgehead atoms. The molecule has 3 N–H and O–H groups in total. The van der Waals surface area contributed by atoms with Crippen molar-refractivity contribution in [2.24, 2.45) is 0 Å². The van der Waals surface area contributed by atoms with Gasteiger partial charge in [-0.1, -0.05) is 75.8 Å². The molecule has 196 valence electrons. The molecule has 2 aliphatic carbocycles. The fourth-order valence-electron chi connectivity index (χ4n) is 6.99. The molecule has 2 aliphatic rings. The quantitative estimate of drug-likeness (QED) is 0.297. The molecule has 1 unspecified atom stereocenters. The Labute approximate surface area is 222 Å². The Bertz CT molecular complexity index is 1230. The van der Waals surface area contributed by atoms with Crippen molar-refractivity contribution in [3.8, 4) is 17.2 Å². The molecule has 2 saturated carbocycles. The van der Waals surface area contributed by atoms with Crippen molar-refractivity contribution in [3.63, 3.8) is 0 Å². The summed E-state index contributed by atoms with van der Waals surface area (Å²) >= 11 is 0. The van der Waals surface area contributed by atoms with Gasteiger partial charge in [-0.05, 0) is 102 Å². The lowest BCUT2D eigenvalue weighted by atomic mass is 9.75. The molecule has 2 fully saturated rings. The Hall–Kier alpha value is -2.94. The SMILES string of the molecule is CCc1cc(O)c(C2CCCCC2)cc1C(c1cc(C2CCCCC2)c(O)cc1C)c1ccccc1O. The maximum absolute atomic E-state index is 11.1. The minimum absolute atomic E-state index is 0.179. The summed E-state index contributed by atoms with van der Waals surface area (Å²) in [6.45, 7) is 4.21. The van der Waals surface area contributed by atoms with E-state index in [-0.39, 0.29) is 11.7 Å². The molecule has 3 aromatic carbocycles. The van der Waals surface area contributed by atoms with Crippen LogP contribution in [-0.4, -0.2) is 15.3 Å². The van der Waals surface area contributed by atoms with E-state index in [1.165, 1.54) is 38.5 Å². The van der Waals surface area contributed by atoms with Crippen LogP contribution in [0.2, 0.25) is 0 Å². The molecule has 0 saturated heterocycles. The maximum Gasteiger partial charge on any atom is 0.119 e. The van der Waals surface area contributed by atoms with Crippen LogP contribution < -0.4 is 0 Å². The van der Waals surface area contributed by atoms with Crippen LogP contribution >= 0.6 is 0 Å². The maximum atomic E-state index is 11.1. The van der Waals surface area contributed by atoms with Gasteiger partial charge in [0.2, 0.25) is 0 Å². The molecule has 0 spiro atoms. The summed E-state index contributed by atoms with van der Waals surface area (Å²) in [6.07, 6.45) is 12.6. The Kier molecular flexibility index (Phi) is 7.79. The van der Waals surface area contributed by atoms with Gasteiger partial charge in [0.15, 0.2) is 0 Å². The molecule has 0 radical (unpaired) electrons. The van der Waals surface area contributed by atoms with Crippen molar-refractivity contribution in [1.29, 1.82) is 0 Å². The smallest absolute Gasteiger partial charge is 0.119 e. The minimum atomic E-state index is -0.179. The summed E-state index contributed by atoms with van der Waals surface area (Å²) in [5.74, 6) is 1.67. The van der Waals surface area contributed by atoms with Crippen molar-refractivity contribution in [3.05, 3.63) is 87.5 Å². The first kappa shape index (κ1) is 25.7. The third-order valence-electron chi connectivity index (χ3n) is 9.04. The molecule has 3 aromatic rings. The third-order valence-corrected chi connectivity index (χ3v) is 9.04. The Balaban J connectivity index is 1.72. The van der Waals surface area contributed by atoms with E-state index >= 15 is 0 Å². The highest BCUT2D eigenvalue weighted by molar-refractivity contribution is 5.58. The van der Waals surface area contributed by atoms with Crippen molar-refractivity contribution in [1.82, 2.24) is 0 Å². The highest BCUT2D eigenvalue weighted by Crippen LogP contribution is 2.47. The van der Waals surface area contributed by atoms with E-state index in [4.69, 9.17) is 0 Å². The monoisotopic (exact) mass is 498 g/mol. The van der Waals surface area contributed by atoms with Crippen LogP contribution in [-0.2, 0) is 6.42 Å². The standard InChI is InChI=1S/C34H42O3/c1-3-23-19-33(37)29(25-14-8-5-9-15-25)21-30(23)34(26-16-10-11-17-31(26)35)27-20-28(32(36)18-22(27)2)24-12-6-4-7-13-24/h10-11,16-21,24-25,34-37H,3-9,12-15H2,1-2H3. The number of rotatable bonds is 6. The second kappa shape index (κ2) is 11.2. The molecule has 1 atom stereocenters. The summed E-state index contributed by atoms with van der Waals surface area (Å²) in [4.78, 5) is 0. The molecule has 37 heavy (non-hydrogen) atoms. The number of hydrogen-bond donors (Lipinski definition) is 3. The number of benzene rings is 3. The predicted molar refractivity (Wildman–Crippen MR) is 151 cm³/mol. The van der Waals surface area contributed by atoms with E-state index < -0.39 is 0 Å². The summed E-state index contributed by atoms with van der Waals surface area (Å²) in [5, 5.41) is 33.2. The summed E-state index contributed by atoms with van der Waals surface area (Å²) in [7, 11) is 0. The van der Waals surface area contributed by atoms with Gasteiger partial charge in [0.1, 0.15) is 17.2 Å².